The molecule has 1 aromatic rings. The van der Waals surface area contributed by atoms with E-state index in [0.29, 0.717) is 6.42 Å². The van der Waals surface area contributed by atoms with E-state index >= 15 is 0 Å². The number of carbonyl (C=O) groups is 1. The van der Waals surface area contributed by atoms with Crippen LogP contribution in [0.15, 0.2) is 24.3 Å². The van der Waals surface area contributed by atoms with Crippen molar-refractivity contribution in [2.45, 2.75) is 25.7 Å². The maximum absolute atomic E-state index is 11.9. The Balaban J connectivity index is 1.71. The second-order valence-electron chi connectivity index (χ2n) is 5.61. The van der Waals surface area contributed by atoms with Crippen molar-refractivity contribution in [1.82, 2.24) is 5.32 Å². The first-order valence-electron chi connectivity index (χ1n) is 7.71. The Hall–Kier alpha value is -1.55. The van der Waals surface area contributed by atoms with Crippen LogP contribution in [0, 0.1) is 0 Å². The van der Waals surface area contributed by atoms with Gasteiger partial charge in [0.2, 0.25) is 5.91 Å². The molecule has 0 spiro atoms. The van der Waals surface area contributed by atoms with Gasteiger partial charge in [-0.05, 0) is 50.1 Å². The molecule has 0 unspecified atom stereocenters. The molecule has 4 heteroatoms. The van der Waals surface area contributed by atoms with Crippen LogP contribution in [-0.4, -0.2) is 38.6 Å². The van der Waals surface area contributed by atoms with Gasteiger partial charge in [0.1, 0.15) is 0 Å². The number of carbonyl (C=O) groups excluding carboxylic acids is 1. The van der Waals surface area contributed by atoms with E-state index in [0.717, 1.165) is 51.3 Å². The van der Waals surface area contributed by atoms with Gasteiger partial charge in [0.05, 0.1) is 0 Å². The lowest BCUT2D eigenvalue weighted by molar-refractivity contribution is -0.119. The molecule has 0 radical (unpaired) electrons. The molecule has 0 bridgehead atoms. The van der Waals surface area contributed by atoms with Crippen molar-refractivity contribution in [2.75, 3.05) is 42.5 Å². The number of anilines is 2. The van der Waals surface area contributed by atoms with E-state index < -0.39 is 0 Å². The zero-order valence-electron chi connectivity index (χ0n) is 12.0. The summed E-state index contributed by atoms with van der Waals surface area (Å²) in [7, 11) is 0. The van der Waals surface area contributed by atoms with Crippen molar-refractivity contribution in [2.24, 2.45) is 0 Å². The zero-order chi connectivity index (χ0) is 13.8. The monoisotopic (exact) mass is 273 g/mol. The molecule has 2 aliphatic heterocycles. The molecule has 0 saturated carbocycles. The Labute approximate surface area is 120 Å². The number of piperidine rings is 1. The van der Waals surface area contributed by atoms with Crippen molar-refractivity contribution in [1.29, 1.82) is 0 Å². The third-order valence-corrected chi connectivity index (χ3v) is 4.19. The molecular weight excluding hydrogens is 250 g/mol. The first kappa shape index (κ1) is 13.4. The average Bonchev–Trinajstić information content (AvgIpc) is 2.77. The van der Waals surface area contributed by atoms with Crippen LogP contribution in [0.4, 0.5) is 11.4 Å². The largest absolute Gasteiger partial charge is 0.370 e. The molecule has 3 rings (SSSR count). The summed E-state index contributed by atoms with van der Waals surface area (Å²) in [6.07, 6.45) is 4.03. The second-order valence-corrected chi connectivity index (χ2v) is 5.61. The summed E-state index contributed by atoms with van der Waals surface area (Å²) >= 11 is 0. The van der Waals surface area contributed by atoms with Crippen LogP contribution in [0.1, 0.15) is 25.7 Å². The predicted molar refractivity (Wildman–Crippen MR) is 82.3 cm³/mol. The highest BCUT2D eigenvalue weighted by molar-refractivity contribution is 5.94. The lowest BCUT2D eigenvalue weighted by atomic mass is 10.1. The molecule has 20 heavy (non-hydrogen) atoms. The van der Waals surface area contributed by atoms with Crippen molar-refractivity contribution in [3.63, 3.8) is 0 Å². The number of amides is 1. The Kier molecular flexibility index (Phi) is 4.21. The van der Waals surface area contributed by atoms with Gasteiger partial charge in [-0.25, -0.2) is 0 Å². The third kappa shape index (κ3) is 2.96. The molecule has 1 amide bonds. The van der Waals surface area contributed by atoms with Crippen LogP contribution in [-0.2, 0) is 4.79 Å². The summed E-state index contributed by atoms with van der Waals surface area (Å²) in [5.41, 5.74) is 2.31. The molecule has 2 fully saturated rings. The molecule has 4 nitrogen and oxygen atoms in total. The van der Waals surface area contributed by atoms with Gasteiger partial charge >= 0.3 is 0 Å². The number of hydrogen-bond donors (Lipinski definition) is 1. The van der Waals surface area contributed by atoms with Crippen LogP contribution in [0.2, 0.25) is 0 Å². The second kappa shape index (κ2) is 6.27. The number of rotatable bonds is 2. The van der Waals surface area contributed by atoms with Gasteiger partial charge in [-0.3, -0.25) is 4.79 Å². The molecule has 1 N–H and O–H groups in total. The Morgan fingerprint density at radius 2 is 1.65 bits per heavy atom. The summed E-state index contributed by atoms with van der Waals surface area (Å²) in [5.74, 6) is 0.267. The molecule has 0 aliphatic carbocycles. The smallest absolute Gasteiger partial charge is 0.226 e. The van der Waals surface area contributed by atoms with E-state index in [-0.39, 0.29) is 5.91 Å². The Morgan fingerprint density at radius 1 is 0.850 bits per heavy atom. The molecule has 2 saturated heterocycles. The van der Waals surface area contributed by atoms with E-state index in [2.05, 4.69) is 34.5 Å². The van der Waals surface area contributed by atoms with Crippen LogP contribution >= 0.6 is 0 Å². The van der Waals surface area contributed by atoms with Crippen molar-refractivity contribution in [3.8, 4) is 0 Å². The van der Waals surface area contributed by atoms with Crippen molar-refractivity contribution >= 4 is 17.3 Å². The van der Waals surface area contributed by atoms with Gasteiger partial charge in [0.15, 0.2) is 0 Å². The van der Waals surface area contributed by atoms with E-state index in [9.17, 15) is 4.79 Å². The summed E-state index contributed by atoms with van der Waals surface area (Å²) in [4.78, 5) is 16.3. The first-order chi connectivity index (χ1) is 9.84. The third-order valence-electron chi connectivity index (χ3n) is 4.19. The number of hydrogen-bond acceptors (Lipinski definition) is 3. The molecule has 0 atom stereocenters. The minimum absolute atomic E-state index is 0.267. The maximum Gasteiger partial charge on any atom is 0.226 e. The SMILES string of the molecule is O=C1CCCCN1c1ccc(N2CCCNCC2)cc1. The molecule has 0 aromatic heterocycles. The number of nitrogens with one attached hydrogen (secondary N) is 1. The summed E-state index contributed by atoms with van der Waals surface area (Å²) in [6.45, 7) is 5.19. The van der Waals surface area contributed by atoms with Gasteiger partial charge in [0.25, 0.3) is 0 Å². The highest BCUT2D eigenvalue weighted by Crippen LogP contribution is 2.24. The summed E-state index contributed by atoms with van der Waals surface area (Å²) in [6, 6.07) is 8.50. The summed E-state index contributed by atoms with van der Waals surface area (Å²) in [5, 5.41) is 3.42. The van der Waals surface area contributed by atoms with Crippen molar-refractivity contribution in [3.05, 3.63) is 24.3 Å². The van der Waals surface area contributed by atoms with Gasteiger partial charge in [-0.2, -0.15) is 0 Å². The van der Waals surface area contributed by atoms with E-state index in [1.54, 1.807) is 0 Å². The molecular formula is C16H23N3O. The first-order valence-corrected chi connectivity index (χ1v) is 7.71. The Bertz CT molecular complexity index is 449. The van der Waals surface area contributed by atoms with E-state index in [1.165, 1.54) is 12.1 Å². The topological polar surface area (TPSA) is 35.6 Å². The zero-order valence-corrected chi connectivity index (χ0v) is 12.0. The minimum Gasteiger partial charge on any atom is -0.370 e. The lowest BCUT2D eigenvalue weighted by Gasteiger charge is -2.28. The predicted octanol–water partition coefficient (Wildman–Crippen LogP) is 2.00. The molecule has 1 aromatic carbocycles. The van der Waals surface area contributed by atoms with Crippen LogP contribution in [0.5, 0.6) is 0 Å². The van der Waals surface area contributed by atoms with Gasteiger partial charge in [0, 0.05) is 44.0 Å². The lowest BCUT2D eigenvalue weighted by Crippen LogP contribution is -2.35. The number of benzene rings is 1. The normalized spacial score (nSPS) is 20.9. The fourth-order valence-electron chi connectivity index (χ4n) is 3.03. The minimum atomic E-state index is 0.267. The fourth-order valence-corrected chi connectivity index (χ4v) is 3.03. The molecule has 2 heterocycles. The quantitative estimate of drug-likeness (QED) is 0.895. The fraction of sp³-hybridized carbons (Fsp3) is 0.562. The van der Waals surface area contributed by atoms with E-state index in [1.807, 2.05) is 4.90 Å². The standard InChI is InChI=1S/C16H23N3O/c20-16-4-1-2-12-19(16)15-7-5-14(6-8-15)18-11-3-9-17-10-13-18/h5-8,17H,1-4,9-13H2. The van der Waals surface area contributed by atoms with Crippen LogP contribution in [0.25, 0.3) is 0 Å². The maximum atomic E-state index is 11.9. The molecule has 108 valence electrons. The van der Waals surface area contributed by atoms with Gasteiger partial charge in [-0.1, -0.05) is 0 Å². The highest BCUT2D eigenvalue weighted by Gasteiger charge is 2.19. The molecule has 2 aliphatic rings. The number of nitrogens with zero attached hydrogens (tertiary/aromatic N) is 2. The Morgan fingerprint density at radius 3 is 2.45 bits per heavy atom. The van der Waals surface area contributed by atoms with Crippen LogP contribution in [0.3, 0.4) is 0 Å². The highest BCUT2D eigenvalue weighted by atomic mass is 16.2. The average molecular weight is 273 g/mol. The van der Waals surface area contributed by atoms with E-state index in [4.69, 9.17) is 0 Å². The van der Waals surface area contributed by atoms with Gasteiger partial charge in [-0.15, -0.1) is 0 Å². The van der Waals surface area contributed by atoms with Gasteiger partial charge < -0.3 is 15.1 Å². The summed E-state index contributed by atoms with van der Waals surface area (Å²) < 4.78 is 0. The van der Waals surface area contributed by atoms with Crippen molar-refractivity contribution < 1.29 is 4.79 Å². The van der Waals surface area contributed by atoms with Crippen LogP contribution < -0.4 is 15.1 Å².